The van der Waals surface area contributed by atoms with E-state index >= 15 is 0 Å². The van der Waals surface area contributed by atoms with Gasteiger partial charge in [0.05, 0.1) is 6.61 Å². The molecule has 1 N–H and O–H groups in total. The number of ether oxygens (including phenoxy) is 2. The molecule has 0 spiro atoms. The molecule has 0 fully saturated rings. The molecule has 2 aromatic rings. The Morgan fingerprint density at radius 3 is 2.79 bits per heavy atom. The summed E-state index contributed by atoms with van der Waals surface area (Å²) in [4.78, 5) is 4.31. The molecule has 0 amide bonds. The van der Waals surface area contributed by atoms with E-state index in [-0.39, 0.29) is 0 Å². The Hall–Kier alpha value is -1.43. The maximum Gasteiger partial charge on any atom is 0.134 e. The van der Waals surface area contributed by atoms with Crippen molar-refractivity contribution in [3.05, 3.63) is 45.9 Å². The van der Waals surface area contributed by atoms with E-state index in [9.17, 15) is 5.11 Å². The maximum atomic E-state index is 10.4. The lowest BCUT2D eigenvalue weighted by molar-refractivity contribution is 0.142. The van der Waals surface area contributed by atoms with Gasteiger partial charge in [-0.3, -0.25) is 0 Å². The quantitative estimate of drug-likeness (QED) is 0.826. The third-order valence-electron chi connectivity index (χ3n) is 2.63. The molecule has 1 atom stereocenters. The van der Waals surface area contributed by atoms with Crippen molar-refractivity contribution < 1.29 is 14.6 Å². The highest BCUT2D eigenvalue weighted by molar-refractivity contribution is 7.09. The summed E-state index contributed by atoms with van der Waals surface area (Å²) in [5, 5.41) is 13.0. The summed E-state index contributed by atoms with van der Waals surface area (Å²) in [5.74, 6) is 0.667. The van der Waals surface area contributed by atoms with Gasteiger partial charge in [-0.1, -0.05) is 18.2 Å². The first-order chi connectivity index (χ1) is 9.22. The second-order valence-corrected chi connectivity index (χ2v) is 5.00. The molecule has 1 heterocycles. The smallest absolute Gasteiger partial charge is 0.134 e. The first-order valence-electron chi connectivity index (χ1n) is 6.03. The zero-order valence-corrected chi connectivity index (χ0v) is 11.8. The molecule has 0 aliphatic heterocycles. The molecule has 0 aliphatic carbocycles. The van der Waals surface area contributed by atoms with Crippen molar-refractivity contribution in [2.75, 3.05) is 20.3 Å². The molecular formula is C14H17NO3S. The second kappa shape index (κ2) is 6.65. The molecule has 0 saturated heterocycles. The van der Waals surface area contributed by atoms with Gasteiger partial charge in [-0.25, -0.2) is 4.98 Å². The van der Waals surface area contributed by atoms with Crippen molar-refractivity contribution in [3.8, 4) is 5.75 Å². The number of aryl methyl sites for hydroxylation is 1. The highest BCUT2D eigenvalue weighted by Gasteiger charge is 2.18. The summed E-state index contributed by atoms with van der Waals surface area (Å²) < 4.78 is 10.6. The number of para-hydroxylation sites is 1. The predicted octanol–water partition coefficient (Wildman–Crippen LogP) is 2.56. The molecule has 0 bridgehead atoms. The summed E-state index contributed by atoms with van der Waals surface area (Å²) in [7, 11) is 1.63. The van der Waals surface area contributed by atoms with Gasteiger partial charge in [0, 0.05) is 23.7 Å². The number of methoxy groups -OCH3 is 1. The Balaban J connectivity index is 2.18. The topological polar surface area (TPSA) is 51.6 Å². The third kappa shape index (κ3) is 3.53. The van der Waals surface area contributed by atoms with E-state index in [2.05, 4.69) is 4.98 Å². The normalized spacial score (nSPS) is 12.4. The van der Waals surface area contributed by atoms with Crippen LogP contribution in [-0.4, -0.2) is 30.4 Å². The molecule has 1 aromatic heterocycles. The molecule has 5 heteroatoms. The van der Waals surface area contributed by atoms with Gasteiger partial charge in [0.2, 0.25) is 0 Å². The molecule has 0 radical (unpaired) electrons. The minimum absolute atomic E-state index is 0.455. The predicted molar refractivity (Wildman–Crippen MR) is 74.7 cm³/mol. The van der Waals surface area contributed by atoms with Gasteiger partial charge in [-0.15, -0.1) is 11.3 Å². The van der Waals surface area contributed by atoms with Crippen LogP contribution in [0.4, 0.5) is 0 Å². The molecule has 0 aliphatic rings. The minimum atomic E-state index is -0.752. The zero-order chi connectivity index (χ0) is 13.7. The average Bonchev–Trinajstić information content (AvgIpc) is 2.85. The van der Waals surface area contributed by atoms with Crippen LogP contribution in [0.3, 0.4) is 0 Å². The van der Waals surface area contributed by atoms with E-state index in [4.69, 9.17) is 9.47 Å². The van der Waals surface area contributed by atoms with Crippen LogP contribution in [0.25, 0.3) is 0 Å². The molecule has 2 rings (SSSR count). The number of aliphatic hydroxyl groups excluding tert-OH is 1. The zero-order valence-electron chi connectivity index (χ0n) is 11.0. The van der Waals surface area contributed by atoms with Gasteiger partial charge in [0.1, 0.15) is 23.5 Å². The number of aliphatic hydroxyl groups is 1. The fourth-order valence-electron chi connectivity index (χ4n) is 1.70. The molecular weight excluding hydrogens is 262 g/mol. The number of benzene rings is 1. The van der Waals surface area contributed by atoms with Crippen LogP contribution < -0.4 is 4.74 Å². The number of hydrogen-bond donors (Lipinski definition) is 1. The average molecular weight is 279 g/mol. The highest BCUT2D eigenvalue weighted by Crippen LogP contribution is 2.31. The summed E-state index contributed by atoms with van der Waals surface area (Å²) in [6.07, 6.45) is -0.752. The lowest BCUT2D eigenvalue weighted by Crippen LogP contribution is -2.08. The number of nitrogens with zero attached hydrogens (tertiary/aromatic N) is 1. The number of thiazole rings is 1. The number of rotatable bonds is 6. The van der Waals surface area contributed by atoms with Crippen LogP contribution in [0, 0.1) is 6.92 Å². The molecule has 1 unspecified atom stereocenters. The Morgan fingerprint density at radius 1 is 1.32 bits per heavy atom. The number of hydrogen-bond acceptors (Lipinski definition) is 5. The van der Waals surface area contributed by atoms with Crippen molar-refractivity contribution in [1.82, 2.24) is 4.98 Å². The fraction of sp³-hybridized carbons (Fsp3) is 0.357. The largest absolute Gasteiger partial charge is 0.491 e. The summed E-state index contributed by atoms with van der Waals surface area (Å²) in [6.45, 7) is 2.88. The Bertz CT molecular complexity index is 527. The lowest BCUT2D eigenvalue weighted by atomic mass is 10.1. The van der Waals surface area contributed by atoms with Gasteiger partial charge < -0.3 is 14.6 Å². The van der Waals surface area contributed by atoms with Crippen LogP contribution in [-0.2, 0) is 4.74 Å². The molecule has 19 heavy (non-hydrogen) atoms. The van der Waals surface area contributed by atoms with E-state index in [1.807, 2.05) is 36.6 Å². The van der Waals surface area contributed by atoms with Crippen molar-refractivity contribution in [2.45, 2.75) is 13.0 Å². The van der Waals surface area contributed by atoms with E-state index < -0.39 is 6.10 Å². The van der Waals surface area contributed by atoms with Crippen LogP contribution in [0.15, 0.2) is 29.6 Å². The van der Waals surface area contributed by atoms with Crippen molar-refractivity contribution in [1.29, 1.82) is 0 Å². The summed E-state index contributed by atoms with van der Waals surface area (Å²) in [5.41, 5.74) is 1.64. The Morgan fingerprint density at radius 2 is 2.11 bits per heavy atom. The van der Waals surface area contributed by atoms with Crippen molar-refractivity contribution >= 4 is 11.3 Å². The van der Waals surface area contributed by atoms with Crippen LogP contribution in [0.5, 0.6) is 5.75 Å². The Kier molecular flexibility index (Phi) is 4.90. The van der Waals surface area contributed by atoms with Gasteiger partial charge in [-0.05, 0) is 13.0 Å². The van der Waals surface area contributed by atoms with E-state index in [0.29, 0.717) is 24.0 Å². The lowest BCUT2D eigenvalue weighted by Gasteiger charge is -2.14. The van der Waals surface area contributed by atoms with Gasteiger partial charge in [0.15, 0.2) is 0 Å². The van der Waals surface area contributed by atoms with Gasteiger partial charge >= 0.3 is 0 Å². The summed E-state index contributed by atoms with van der Waals surface area (Å²) in [6, 6.07) is 7.45. The van der Waals surface area contributed by atoms with E-state index in [0.717, 1.165) is 11.3 Å². The van der Waals surface area contributed by atoms with E-state index in [1.165, 1.54) is 11.3 Å². The van der Waals surface area contributed by atoms with Crippen LogP contribution >= 0.6 is 11.3 Å². The molecule has 4 nitrogen and oxygen atoms in total. The first kappa shape index (κ1) is 14.0. The fourth-order valence-corrected chi connectivity index (χ4v) is 2.50. The SMILES string of the molecule is COCCOc1ccccc1C(O)c1nc(C)cs1. The molecule has 0 saturated carbocycles. The third-order valence-corrected chi connectivity index (χ3v) is 3.64. The number of aromatic nitrogens is 1. The Labute approximate surface area is 116 Å². The minimum Gasteiger partial charge on any atom is -0.491 e. The molecule has 1 aromatic carbocycles. The van der Waals surface area contributed by atoms with E-state index in [1.54, 1.807) is 7.11 Å². The van der Waals surface area contributed by atoms with Crippen molar-refractivity contribution in [3.63, 3.8) is 0 Å². The molecule has 102 valence electrons. The highest BCUT2D eigenvalue weighted by atomic mass is 32.1. The maximum absolute atomic E-state index is 10.4. The van der Waals surface area contributed by atoms with Crippen LogP contribution in [0.2, 0.25) is 0 Å². The van der Waals surface area contributed by atoms with Crippen molar-refractivity contribution in [2.24, 2.45) is 0 Å². The van der Waals surface area contributed by atoms with Crippen LogP contribution in [0.1, 0.15) is 22.4 Å². The summed E-state index contributed by atoms with van der Waals surface area (Å²) >= 11 is 1.45. The van der Waals surface area contributed by atoms with Gasteiger partial charge in [-0.2, -0.15) is 0 Å². The standard InChI is InChI=1S/C14H17NO3S/c1-10-9-19-14(15-10)13(16)11-5-3-4-6-12(11)18-8-7-17-2/h3-6,9,13,16H,7-8H2,1-2H3. The first-order valence-corrected chi connectivity index (χ1v) is 6.91. The monoisotopic (exact) mass is 279 g/mol. The second-order valence-electron chi connectivity index (χ2n) is 4.11. The van der Waals surface area contributed by atoms with Gasteiger partial charge in [0.25, 0.3) is 0 Å².